The van der Waals surface area contributed by atoms with Gasteiger partial charge in [-0.2, -0.15) is 0 Å². The second-order valence-electron chi connectivity index (χ2n) is 9.84. The van der Waals surface area contributed by atoms with E-state index in [-0.39, 0.29) is 36.5 Å². The third-order valence-electron chi connectivity index (χ3n) is 6.04. The third kappa shape index (κ3) is 8.82. The second kappa shape index (κ2) is 13.5. The maximum Gasteiger partial charge on any atom is 0.324 e. The molecule has 0 saturated heterocycles. The largest absolute Gasteiger partial charge is 0.481 e. The van der Waals surface area contributed by atoms with Crippen molar-refractivity contribution in [1.29, 1.82) is 0 Å². The van der Waals surface area contributed by atoms with Crippen LogP contribution in [0.1, 0.15) is 50.7 Å². The van der Waals surface area contributed by atoms with Crippen LogP contribution in [0.4, 0.5) is 20.7 Å². The second-order valence-corrected chi connectivity index (χ2v) is 9.84. The van der Waals surface area contributed by atoms with Gasteiger partial charge in [0.2, 0.25) is 5.91 Å². The number of aromatic nitrogens is 1. The maximum atomic E-state index is 14.7. The molecule has 204 valence electrons. The van der Waals surface area contributed by atoms with Gasteiger partial charge in [-0.15, -0.1) is 0 Å². The van der Waals surface area contributed by atoms with Crippen LogP contribution in [0.3, 0.4) is 0 Å². The van der Waals surface area contributed by atoms with E-state index in [0.29, 0.717) is 48.9 Å². The number of amides is 3. The number of amidine groups is 1. The molecule has 0 aliphatic carbocycles. The van der Waals surface area contributed by atoms with Gasteiger partial charge in [0.25, 0.3) is 0 Å². The predicted octanol–water partition coefficient (Wildman–Crippen LogP) is 3.87. The lowest BCUT2D eigenvalue weighted by molar-refractivity contribution is -0.137. The number of carbonyl (C=O) groups is 3. The lowest BCUT2D eigenvalue weighted by Gasteiger charge is -2.22. The number of hydrogen-bond acceptors (Lipinski definition) is 6. The maximum absolute atomic E-state index is 14.7. The van der Waals surface area contributed by atoms with Crippen LogP contribution >= 0.6 is 0 Å². The molecule has 2 unspecified atom stereocenters. The molecule has 0 spiro atoms. The topological polar surface area (TPSA) is 145 Å². The SMILES string of the molecule is Cc1cccnc1NC(=O)Nc1ccc(CC(=O)NC(CC(C)C)C2=NCC(CCCC(=O)O)N2)cc1F. The van der Waals surface area contributed by atoms with Gasteiger partial charge >= 0.3 is 12.0 Å². The number of carboxylic acids is 1. The zero-order valence-corrected chi connectivity index (χ0v) is 21.9. The fourth-order valence-electron chi connectivity index (χ4n) is 4.17. The van der Waals surface area contributed by atoms with E-state index in [1.165, 1.54) is 12.1 Å². The van der Waals surface area contributed by atoms with Crippen molar-refractivity contribution in [3.05, 3.63) is 53.5 Å². The molecular weight excluding hydrogens is 491 g/mol. The van der Waals surface area contributed by atoms with Crippen LogP contribution in [-0.2, 0) is 16.0 Å². The highest BCUT2D eigenvalue weighted by Crippen LogP contribution is 2.18. The summed E-state index contributed by atoms with van der Waals surface area (Å²) in [5.41, 5.74) is 1.21. The highest BCUT2D eigenvalue weighted by Gasteiger charge is 2.26. The molecule has 1 aliphatic rings. The van der Waals surface area contributed by atoms with Crippen LogP contribution in [-0.4, -0.2) is 52.5 Å². The number of anilines is 2. The molecule has 2 aromatic rings. The molecule has 10 nitrogen and oxygen atoms in total. The molecule has 3 amide bonds. The summed E-state index contributed by atoms with van der Waals surface area (Å²) in [6.45, 7) is 6.42. The summed E-state index contributed by atoms with van der Waals surface area (Å²) in [5, 5.41) is 20.2. The summed E-state index contributed by atoms with van der Waals surface area (Å²) < 4.78 is 14.7. The van der Waals surface area contributed by atoms with Crippen molar-refractivity contribution in [2.45, 2.75) is 65.0 Å². The van der Waals surface area contributed by atoms with Gasteiger partial charge in [0.1, 0.15) is 17.5 Å². The lowest BCUT2D eigenvalue weighted by Crippen LogP contribution is -2.48. The van der Waals surface area contributed by atoms with E-state index in [2.05, 4.69) is 31.2 Å². The van der Waals surface area contributed by atoms with Crippen LogP contribution in [0.5, 0.6) is 0 Å². The average Bonchev–Trinajstić information content (AvgIpc) is 3.30. The fourth-order valence-corrected chi connectivity index (χ4v) is 4.17. The summed E-state index contributed by atoms with van der Waals surface area (Å²) in [4.78, 5) is 44.5. The summed E-state index contributed by atoms with van der Waals surface area (Å²) in [6, 6.07) is 6.87. The van der Waals surface area contributed by atoms with Gasteiger partial charge in [-0.05, 0) is 61.4 Å². The van der Waals surface area contributed by atoms with Gasteiger partial charge in [-0.25, -0.2) is 14.2 Å². The first kappa shape index (κ1) is 28.5. The van der Waals surface area contributed by atoms with E-state index in [9.17, 15) is 18.8 Å². The molecule has 2 atom stereocenters. The Bertz CT molecular complexity index is 1190. The molecule has 0 radical (unpaired) electrons. The number of aliphatic carboxylic acids is 1. The number of carbonyl (C=O) groups excluding carboxylic acids is 2. The summed E-state index contributed by atoms with van der Waals surface area (Å²) in [6.07, 6.45) is 3.52. The Morgan fingerprint density at radius 1 is 1.21 bits per heavy atom. The first-order valence-corrected chi connectivity index (χ1v) is 12.7. The Morgan fingerprint density at radius 2 is 2.00 bits per heavy atom. The molecule has 0 bridgehead atoms. The number of aryl methyl sites for hydroxylation is 1. The highest BCUT2D eigenvalue weighted by molar-refractivity contribution is 5.99. The standard InChI is InChI=1S/C27H35FN6O4/c1-16(2)12-22(26-30-15-19(31-26)7-4-8-24(36)37)32-23(35)14-18-9-10-21(20(28)13-18)33-27(38)34-25-17(3)6-5-11-29-25/h5-6,9-11,13,16,19,22H,4,7-8,12,14-15H2,1-3H3,(H,30,31)(H,32,35)(H,36,37)(H2,29,33,34,38). The van der Waals surface area contributed by atoms with Crippen molar-refractivity contribution in [3.63, 3.8) is 0 Å². The van der Waals surface area contributed by atoms with Crippen LogP contribution in [0.15, 0.2) is 41.5 Å². The summed E-state index contributed by atoms with van der Waals surface area (Å²) in [5.74, 6) is -0.405. The van der Waals surface area contributed by atoms with E-state index in [1.54, 1.807) is 31.3 Å². The monoisotopic (exact) mass is 526 g/mol. The van der Waals surface area contributed by atoms with Gasteiger partial charge < -0.3 is 21.1 Å². The number of carboxylic acid groups (broad SMARTS) is 1. The first-order valence-electron chi connectivity index (χ1n) is 12.7. The van der Waals surface area contributed by atoms with E-state index >= 15 is 0 Å². The molecule has 1 aromatic heterocycles. The van der Waals surface area contributed by atoms with E-state index in [4.69, 9.17) is 5.11 Å². The Labute approximate surface area is 221 Å². The van der Waals surface area contributed by atoms with Crippen LogP contribution in [0.2, 0.25) is 0 Å². The van der Waals surface area contributed by atoms with Crippen molar-refractivity contribution in [2.75, 3.05) is 17.2 Å². The average molecular weight is 527 g/mol. The minimum Gasteiger partial charge on any atom is -0.481 e. The number of rotatable bonds is 12. The van der Waals surface area contributed by atoms with E-state index in [0.717, 1.165) is 5.56 Å². The van der Waals surface area contributed by atoms with Gasteiger partial charge in [-0.1, -0.05) is 26.0 Å². The van der Waals surface area contributed by atoms with Crippen molar-refractivity contribution in [3.8, 4) is 0 Å². The molecule has 1 aromatic carbocycles. The summed E-state index contributed by atoms with van der Waals surface area (Å²) >= 11 is 0. The minimum absolute atomic E-state index is 0.0172. The Balaban J connectivity index is 1.55. The Kier molecular flexibility index (Phi) is 10.1. The third-order valence-corrected chi connectivity index (χ3v) is 6.04. The van der Waals surface area contributed by atoms with E-state index in [1.807, 2.05) is 13.8 Å². The fraction of sp³-hybridized carbons (Fsp3) is 0.444. The number of pyridine rings is 1. The van der Waals surface area contributed by atoms with Gasteiger partial charge in [0.05, 0.1) is 24.7 Å². The van der Waals surface area contributed by atoms with Crippen LogP contribution < -0.4 is 21.3 Å². The molecule has 3 rings (SSSR count). The molecule has 1 aliphatic heterocycles. The summed E-state index contributed by atoms with van der Waals surface area (Å²) in [7, 11) is 0. The molecule has 0 fully saturated rings. The number of benzene rings is 1. The molecule has 2 heterocycles. The first-order chi connectivity index (χ1) is 18.1. The van der Waals surface area contributed by atoms with E-state index < -0.39 is 17.8 Å². The number of urea groups is 1. The quantitative estimate of drug-likeness (QED) is 0.284. The molecule has 11 heteroatoms. The number of hydrogen-bond donors (Lipinski definition) is 5. The van der Waals surface area contributed by atoms with Gasteiger partial charge in [-0.3, -0.25) is 19.9 Å². The zero-order chi connectivity index (χ0) is 27.7. The molecular formula is C27H35FN6O4. The zero-order valence-electron chi connectivity index (χ0n) is 21.9. The van der Waals surface area contributed by atoms with Gasteiger partial charge in [0.15, 0.2) is 0 Å². The van der Waals surface area contributed by atoms with Crippen molar-refractivity contribution >= 4 is 35.2 Å². The highest BCUT2D eigenvalue weighted by atomic mass is 19.1. The molecule has 0 saturated carbocycles. The smallest absolute Gasteiger partial charge is 0.324 e. The Morgan fingerprint density at radius 3 is 2.68 bits per heavy atom. The molecule has 38 heavy (non-hydrogen) atoms. The predicted molar refractivity (Wildman–Crippen MR) is 144 cm³/mol. The normalized spacial score (nSPS) is 15.4. The number of aliphatic imine (C=N–C) groups is 1. The lowest BCUT2D eigenvalue weighted by atomic mass is 10.0. The molecule has 5 N–H and O–H groups in total. The van der Waals surface area contributed by atoms with Crippen LogP contribution in [0.25, 0.3) is 0 Å². The van der Waals surface area contributed by atoms with Crippen molar-refractivity contribution < 1.29 is 23.9 Å². The van der Waals surface area contributed by atoms with Gasteiger partial charge in [0, 0.05) is 18.7 Å². The van der Waals surface area contributed by atoms with Crippen molar-refractivity contribution in [2.24, 2.45) is 10.9 Å². The van der Waals surface area contributed by atoms with Crippen LogP contribution in [0, 0.1) is 18.7 Å². The minimum atomic E-state index is -0.822. The Hall–Kier alpha value is -4.02. The number of nitrogens with one attached hydrogen (secondary N) is 4. The number of halogens is 1. The number of nitrogens with zero attached hydrogens (tertiary/aromatic N) is 2. The van der Waals surface area contributed by atoms with Crippen molar-refractivity contribution in [1.82, 2.24) is 15.6 Å².